The molecule has 0 radical (unpaired) electrons. The molecule has 0 aliphatic rings. The molecule has 23 heavy (non-hydrogen) atoms. The van der Waals surface area contributed by atoms with Gasteiger partial charge in [0.25, 0.3) is 0 Å². The number of sulfonamides is 1. The van der Waals surface area contributed by atoms with Crippen LogP contribution in [0.25, 0.3) is 0 Å². The van der Waals surface area contributed by atoms with E-state index in [1.165, 1.54) is 25.6 Å². The van der Waals surface area contributed by atoms with Crippen molar-refractivity contribution < 1.29 is 27.9 Å². The van der Waals surface area contributed by atoms with Crippen LogP contribution >= 0.6 is 11.8 Å². The van der Waals surface area contributed by atoms with Gasteiger partial charge in [0.1, 0.15) is 11.6 Å². The van der Waals surface area contributed by atoms with E-state index < -0.39 is 39.0 Å². The first-order valence-electron chi connectivity index (χ1n) is 6.93. The average molecular weight is 373 g/mol. The highest BCUT2D eigenvalue weighted by Gasteiger charge is 2.23. The van der Waals surface area contributed by atoms with Crippen LogP contribution in [-0.4, -0.2) is 54.5 Å². The number of hydrogen-bond acceptors (Lipinski definition) is 6. The number of ether oxygens (including phenoxy) is 1. The fourth-order valence-corrected chi connectivity index (χ4v) is 1.41. The number of aliphatic carboxylic acids is 1. The van der Waals surface area contributed by atoms with Crippen molar-refractivity contribution >= 4 is 33.8 Å². The fraction of sp³-hybridized carbons (Fsp3) is 0.846. The molecule has 0 bridgehead atoms. The molecule has 1 amide bonds. The molecule has 0 saturated carbocycles. The number of thioether (sulfide) groups is 1. The first-order chi connectivity index (χ1) is 10.2. The molecule has 1 unspecified atom stereocenters. The van der Waals surface area contributed by atoms with E-state index in [2.05, 4.69) is 10.5 Å². The van der Waals surface area contributed by atoms with Gasteiger partial charge >= 0.3 is 12.1 Å². The van der Waals surface area contributed by atoms with Crippen molar-refractivity contribution in [2.75, 3.05) is 12.0 Å². The first kappa shape index (κ1) is 24.3. The van der Waals surface area contributed by atoms with Gasteiger partial charge < -0.3 is 15.2 Å². The summed E-state index contributed by atoms with van der Waals surface area (Å²) in [7, 11) is -3.24. The summed E-state index contributed by atoms with van der Waals surface area (Å²) in [6.45, 7) is 8.25. The van der Waals surface area contributed by atoms with Crippen molar-refractivity contribution in [1.29, 1.82) is 0 Å². The number of carbonyl (C=O) groups is 2. The van der Waals surface area contributed by atoms with E-state index in [4.69, 9.17) is 9.84 Å². The molecule has 0 saturated heterocycles. The van der Waals surface area contributed by atoms with Crippen LogP contribution in [0.1, 0.15) is 41.0 Å². The molecule has 0 aromatic carbocycles. The molecule has 138 valence electrons. The topological polar surface area (TPSA) is 136 Å². The van der Waals surface area contributed by atoms with Gasteiger partial charge in [0, 0.05) is 0 Å². The summed E-state index contributed by atoms with van der Waals surface area (Å²) >= 11 is 1.53. The van der Waals surface area contributed by atoms with Crippen LogP contribution in [0.3, 0.4) is 0 Å². The molecule has 0 fully saturated rings. The van der Waals surface area contributed by atoms with E-state index in [0.29, 0.717) is 12.2 Å². The Labute approximate surface area is 142 Å². The maximum atomic E-state index is 11.3. The van der Waals surface area contributed by atoms with Crippen molar-refractivity contribution in [2.45, 2.75) is 57.9 Å². The third kappa shape index (κ3) is 15.7. The molecule has 4 N–H and O–H groups in total. The minimum Gasteiger partial charge on any atom is -0.480 e. The van der Waals surface area contributed by atoms with Crippen LogP contribution in [0.4, 0.5) is 4.79 Å². The highest BCUT2D eigenvalue weighted by molar-refractivity contribution is 7.98. The third-order valence-corrected chi connectivity index (χ3v) is 4.21. The number of carboxylic acid groups (broad SMARTS) is 1. The van der Waals surface area contributed by atoms with Crippen LogP contribution < -0.4 is 10.5 Å². The molecule has 0 aliphatic heterocycles. The van der Waals surface area contributed by atoms with Crippen LogP contribution in [-0.2, 0) is 19.6 Å². The molecule has 8 nitrogen and oxygen atoms in total. The molecule has 0 rings (SSSR count). The molecule has 0 heterocycles. The predicted molar refractivity (Wildman–Crippen MR) is 92.0 cm³/mol. The Bertz CT molecular complexity index is 471. The largest absolute Gasteiger partial charge is 0.480 e. The Morgan fingerprint density at radius 1 is 1.30 bits per heavy atom. The zero-order valence-corrected chi connectivity index (χ0v) is 16.1. The van der Waals surface area contributed by atoms with Crippen LogP contribution in [0.15, 0.2) is 0 Å². The second-order valence-corrected chi connectivity index (χ2v) is 9.06. The number of alkyl carbamates (subject to hydrolysis) is 1. The Kier molecular flexibility index (Phi) is 11.3. The number of primary sulfonamides is 1. The quantitative estimate of drug-likeness (QED) is 0.641. The summed E-state index contributed by atoms with van der Waals surface area (Å²) in [6, 6.07) is -0.887. The molecule has 0 aromatic rings. The third-order valence-electron chi connectivity index (χ3n) is 2.26. The Morgan fingerprint density at radius 3 is 2.00 bits per heavy atom. The highest BCUT2D eigenvalue weighted by atomic mass is 32.2. The number of rotatable bonds is 6. The molecular formula is C13H28N2O6S2. The van der Waals surface area contributed by atoms with Crippen molar-refractivity contribution in [3.8, 4) is 0 Å². The smallest absolute Gasteiger partial charge is 0.408 e. The SMILES string of the molecule is CC(C)S(N)(=O)=O.CSCCC(NC(=O)OC(C)(C)C)C(=O)O. The van der Waals surface area contributed by atoms with Gasteiger partial charge in [0.2, 0.25) is 10.0 Å². The number of nitrogens with one attached hydrogen (secondary N) is 1. The van der Waals surface area contributed by atoms with Gasteiger partial charge in [-0.2, -0.15) is 11.8 Å². The van der Waals surface area contributed by atoms with E-state index in [9.17, 15) is 18.0 Å². The summed E-state index contributed by atoms with van der Waals surface area (Å²) in [5, 5.41) is 15.4. The summed E-state index contributed by atoms with van der Waals surface area (Å²) in [5.41, 5.74) is -0.618. The maximum absolute atomic E-state index is 11.3. The highest BCUT2D eigenvalue weighted by Crippen LogP contribution is 2.08. The molecule has 1 atom stereocenters. The van der Waals surface area contributed by atoms with E-state index >= 15 is 0 Å². The fourth-order valence-electron chi connectivity index (χ4n) is 0.943. The van der Waals surface area contributed by atoms with Gasteiger partial charge in [-0.05, 0) is 53.0 Å². The zero-order chi connectivity index (χ0) is 18.8. The Hall–Kier alpha value is -1.00. The molecule has 0 aromatic heterocycles. The lowest BCUT2D eigenvalue weighted by Crippen LogP contribution is -2.43. The number of carbonyl (C=O) groups excluding carboxylic acids is 1. The Morgan fingerprint density at radius 2 is 1.74 bits per heavy atom. The van der Waals surface area contributed by atoms with Crippen LogP contribution in [0.5, 0.6) is 0 Å². The number of amides is 1. The second-order valence-electron chi connectivity index (χ2n) is 5.96. The monoisotopic (exact) mass is 372 g/mol. The maximum Gasteiger partial charge on any atom is 0.408 e. The van der Waals surface area contributed by atoms with E-state index in [0.717, 1.165) is 0 Å². The van der Waals surface area contributed by atoms with E-state index in [-0.39, 0.29) is 0 Å². The standard InChI is InChI=1S/C10H19NO4S.C3H9NO2S/c1-10(2,3)15-9(14)11-7(8(12)13)5-6-16-4;1-3(2)7(4,5)6/h7H,5-6H2,1-4H3,(H,11,14)(H,12,13);3H,1-2H3,(H2,4,5,6). The lowest BCUT2D eigenvalue weighted by atomic mass is 10.2. The molecule has 0 spiro atoms. The zero-order valence-electron chi connectivity index (χ0n) is 14.5. The Balaban J connectivity index is 0. The first-order valence-corrected chi connectivity index (χ1v) is 9.94. The lowest BCUT2D eigenvalue weighted by molar-refractivity contribution is -0.139. The summed E-state index contributed by atoms with van der Waals surface area (Å²) < 4.78 is 25.2. The van der Waals surface area contributed by atoms with Gasteiger partial charge in [-0.3, -0.25) is 0 Å². The minimum atomic E-state index is -3.24. The number of carboxylic acids is 1. The molecular weight excluding hydrogens is 344 g/mol. The van der Waals surface area contributed by atoms with Gasteiger partial charge in [0.05, 0.1) is 5.25 Å². The van der Waals surface area contributed by atoms with Crippen LogP contribution in [0.2, 0.25) is 0 Å². The van der Waals surface area contributed by atoms with Gasteiger partial charge in [-0.15, -0.1) is 0 Å². The van der Waals surface area contributed by atoms with E-state index in [1.807, 2.05) is 6.26 Å². The summed E-state index contributed by atoms with van der Waals surface area (Å²) in [5.74, 6) is -0.368. The van der Waals surface area contributed by atoms with Gasteiger partial charge in [-0.25, -0.2) is 23.1 Å². The van der Waals surface area contributed by atoms with E-state index in [1.54, 1.807) is 20.8 Å². The van der Waals surface area contributed by atoms with Crippen molar-refractivity contribution in [3.05, 3.63) is 0 Å². The normalized spacial score (nSPS) is 12.9. The average Bonchev–Trinajstić information content (AvgIpc) is 2.31. The molecule has 0 aliphatic carbocycles. The molecule has 10 heteroatoms. The predicted octanol–water partition coefficient (Wildman–Crippen LogP) is 1.40. The van der Waals surface area contributed by atoms with Crippen molar-refractivity contribution in [2.24, 2.45) is 5.14 Å². The second kappa shape index (κ2) is 10.7. The van der Waals surface area contributed by atoms with Gasteiger partial charge in [-0.1, -0.05) is 0 Å². The lowest BCUT2D eigenvalue weighted by Gasteiger charge is -2.21. The van der Waals surface area contributed by atoms with Gasteiger partial charge in [0.15, 0.2) is 0 Å². The summed E-state index contributed by atoms with van der Waals surface area (Å²) in [4.78, 5) is 22.2. The number of hydrogen-bond donors (Lipinski definition) is 3. The van der Waals surface area contributed by atoms with Crippen molar-refractivity contribution in [1.82, 2.24) is 5.32 Å². The van der Waals surface area contributed by atoms with Crippen molar-refractivity contribution in [3.63, 3.8) is 0 Å². The number of nitrogens with two attached hydrogens (primary N) is 1. The summed E-state index contributed by atoms with van der Waals surface area (Å²) in [6.07, 6.45) is 1.57. The minimum absolute atomic E-state index is 0.385. The van der Waals surface area contributed by atoms with Crippen LogP contribution in [0, 0.1) is 0 Å².